The van der Waals surface area contributed by atoms with Crippen LogP contribution in [0.5, 0.6) is 11.5 Å². The van der Waals surface area contributed by atoms with Crippen molar-refractivity contribution in [3.05, 3.63) is 64.7 Å². The normalized spacial score (nSPS) is 12.9. The molecule has 9 nitrogen and oxygen atoms in total. The van der Waals surface area contributed by atoms with Crippen molar-refractivity contribution < 1.29 is 28.7 Å². The van der Waals surface area contributed by atoms with Gasteiger partial charge < -0.3 is 14.8 Å². The molecule has 0 spiro atoms. The number of nitrogens with one attached hydrogen (secondary N) is 1. The molecule has 1 aliphatic rings. The molecule has 1 aliphatic heterocycles. The van der Waals surface area contributed by atoms with Gasteiger partial charge in [-0.25, -0.2) is 0 Å². The highest BCUT2D eigenvalue weighted by Crippen LogP contribution is 2.29. The van der Waals surface area contributed by atoms with Crippen LogP contribution in [0, 0.1) is 11.3 Å². The van der Waals surface area contributed by atoms with Gasteiger partial charge in [-0.05, 0) is 56.2 Å². The Bertz CT molecular complexity index is 1210. The molecule has 0 saturated heterocycles. The van der Waals surface area contributed by atoms with Crippen LogP contribution in [0.25, 0.3) is 6.08 Å². The molecule has 35 heavy (non-hydrogen) atoms. The number of ether oxygens (including phenoxy) is 2. The van der Waals surface area contributed by atoms with Crippen LogP contribution in [0.15, 0.2) is 48.0 Å². The van der Waals surface area contributed by atoms with Crippen molar-refractivity contribution in [2.24, 2.45) is 0 Å². The summed E-state index contributed by atoms with van der Waals surface area (Å²) in [7, 11) is 1.40. The number of methoxy groups -OCH3 is 1. The first-order valence-corrected chi connectivity index (χ1v) is 11.0. The van der Waals surface area contributed by atoms with Gasteiger partial charge in [0, 0.05) is 19.0 Å². The number of benzene rings is 2. The van der Waals surface area contributed by atoms with Crippen LogP contribution < -0.4 is 14.8 Å². The quantitative estimate of drug-likeness (QED) is 0.194. The second kappa shape index (κ2) is 11.1. The fraction of sp³-hybridized carbons (Fsp3) is 0.269. The van der Waals surface area contributed by atoms with E-state index in [0.29, 0.717) is 16.7 Å². The summed E-state index contributed by atoms with van der Waals surface area (Å²) in [4.78, 5) is 50.4. The van der Waals surface area contributed by atoms with Gasteiger partial charge in [0.1, 0.15) is 11.6 Å². The summed E-state index contributed by atoms with van der Waals surface area (Å²) in [5, 5.41) is 11.9. The molecule has 0 radical (unpaired) electrons. The van der Waals surface area contributed by atoms with Crippen molar-refractivity contribution in [3.63, 3.8) is 0 Å². The lowest BCUT2D eigenvalue weighted by Gasteiger charge is -2.14. The maximum Gasteiger partial charge on any atom is 0.311 e. The Labute approximate surface area is 202 Å². The third-order valence-electron chi connectivity index (χ3n) is 5.15. The molecule has 2 aromatic rings. The van der Waals surface area contributed by atoms with E-state index in [0.717, 1.165) is 4.90 Å². The summed E-state index contributed by atoms with van der Waals surface area (Å²) in [6.45, 7) is 3.68. The van der Waals surface area contributed by atoms with E-state index in [-0.39, 0.29) is 54.3 Å². The van der Waals surface area contributed by atoms with Crippen molar-refractivity contribution in [3.8, 4) is 17.6 Å². The topological polar surface area (TPSA) is 126 Å². The maximum absolute atomic E-state index is 12.4. The Morgan fingerprint density at radius 2 is 1.74 bits per heavy atom. The molecule has 3 rings (SSSR count). The molecule has 180 valence electrons. The summed E-state index contributed by atoms with van der Waals surface area (Å²) in [6, 6.07) is 13.0. The monoisotopic (exact) mass is 475 g/mol. The molecule has 1 N–H and O–H groups in total. The number of nitrogens with zero attached hydrogens (tertiary/aromatic N) is 2. The van der Waals surface area contributed by atoms with E-state index in [4.69, 9.17) is 9.47 Å². The minimum absolute atomic E-state index is 0.0217. The Morgan fingerprint density at radius 3 is 2.31 bits per heavy atom. The minimum Gasteiger partial charge on any atom is -0.493 e. The van der Waals surface area contributed by atoms with Gasteiger partial charge in [-0.3, -0.25) is 24.1 Å². The summed E-state index contributed by atoms with van der Waals surface area (Å²) in [6.07, 6.45) is 1.63. The van der Waals surface area contributed by atoms with E-state index < -0.39 is 11.9 Å². The highest BCUT2D eigenvalue weighted by atomic mass is 16.6. The molecule has 0 unspecified atom stereocenters. The average molecular weight is 476 g/mol. The summed E-state index contributed by atoms with van der Waals surface area (Å²) in [5.41, 5.74) is 1.17. The summed E-state index contributed by atoms with van der Waals surface area (Å²) in [5.74, 6) is -1.38. The zero-order valence-corrected chi connectivity index (χ0v) is 19.7. The Kier molecular flexibility index (Phi) is 8.00. The van der Waals surface area contributed by atoms with Gasteiger partial charge in [0.2, 0.25) is 0 Å². The van der Waals surface area contributed by atoms with E-state index in [1.54, 1.807) is 50.2 Å². The third-order valence-corrected chi connectivity index (χ3v) is 5.15. The number of imide groups is 1. The minimum atomic E-state index is -0.558. The maximum atomic E-state index is 12.4. The van der Waals surface area contributed by atoms with Crippen LogP contribution in [-0.4, -0.2) is 48.3 Å². The molecule has 1 heterocycles. The van der Waals surface area contributed by atoms with Gasteiger partial charge in [-0.1, -0.05) is 18.2 Å². The molecule has 0 aromatic heterocycles. The molecular formula is C26H25N3O6. The SMILES string of the molecule is COc1cc(/C=C(\C#N)C(=O)NC(C)C)ccc1OC(=O)CCCN1C(=O)c2ccccc2C1=O. The molecule has 3 amide bonds. The molecule has 0 aliphatic carbocycles. The number of amides is 3. The molecule has 2 aromatic carbocycles. The lowest BCUT2D eigenvalue weighted by Crippen LogP contribution is -2.31. The predicted molar refractivity (Wildman–Crippen MR) is 127 cm³/mol. The van der Waals surface area contributed by atoms with Crippen LogP contribution >= 0.6 is 0 Å². The van der Waals surface area contributed by atoms with Crippen LogP contribution in [0.2, 0.25) is 0 Å². The first-order valence-electron chi connectivity index (χ1n) is 11.0. The second-order valence-electron chi connectivity index (χ2n) is 8.09. The van der Waals surface area contributed by atoms with Crippen LogP contribution in [0.4, 0.5) is 0 Å². The van der Waals surface area contributed by atoms with Crippen molar-refractivity contribution in [1.29, 1.82) is 5.26 Å². The number of rotatable bonds is 9. The number of fused-ring (bicyclic) bond motifs is 1. The number of esters is 1. The van der Waals surface area contributed by atoms with Crippen LogP contribution in [-0.2, 0) is 9.59 Å². The summed E-state index contributed by atoms with van der Waals surface area (Å²) < 4.78 is 10.7. The van der Waals surface area contributed by atoms with E-state index >= 15 is 0 Å². The van der Waals surface area contributed by atoms with Crippen LogP contribution in [0.1, 0.15) is 53.0 Å². The summed E-state index contributed by atoms with van der Waals surface area (Å²) >= 11 is 0. The van der Waals surface area contributed by atoms with E-state index in [2.05, 4.69) is 5.32 Å². The number of carbonyl (C=O) groups excluding carboxylic acids is 4. The van der Waals surface area contributed by atoms with Crippen molar-refractivity contribution >= 4 is 29.8 Å². The number of carbonyl (C=O) groups is 4. The first-order chi connectivity index (χ1) is 16.7. The molecule has 0 saturated carbocycles. The molecule has 0 atom stereocenters. The molecule has 0 fully saturated rings. The predicted octanol–water partition coefficient (Wildman–Crippen LogP) is 3.11. The van der Waals surface area contributed by atoms with Gasteiger partial charge >= 0.3 is 5.97 Å². The number of nitriles is 1. The third kappa shape index (κ3) is 5.92. The lowest BCUT2D eigenvalue weighted by molar-refractivity contribution is -0.134. The standard InChI is InChI=1S/C26H25N3O6/c1-16(2)28-24(31)18(15-27)13-17-10-11-21(22(14-17)34-3)35-23(30)9-6-12-29-25(32)19-7-4-5-8-20(19)26(29)33/h4-5,7-8,10-11,13-14,16H,6,9,12H2,1-3H3,(H,28,31)/b18-13+. The van der Waals surface area contributed by atoms with E-state index in [9.17, 15) is 24.4 Å². The van der Waals surface area contributed by atoms with E-state index in [1.165, 1.54) is 19.3 Å². The Morgan fingerprint density at radius 1 is 1.09 bits per heavy atom. The fourth-order valence-corrected chi connectivity index (χ4v) is 3.51. The van der Waals surface area contributed by atoms with Gasteiger partial charge in [0.15, 0.2) is 11.5 Å². The fourth-order valence-electron chi connectivity index (χ4n) is 3.51. The second-order valence-corrected chi connectivity index (χ2v) is 8.09. The van der Waals surface area contributed by atoms with Crippen molar-refractivity contribution in [1.82, 2.24) is 10.2 Å². The molecule has 0 bridgehead atoms. The van der Waals surface area contributed by atoms with Gasteiger partial charge in [0.25, 0.3) is 17.7 Å². The zero-order valence-electron chi connectivity index (χ0n) is 19.7. The Hall–Kier alpha value is -4.45. The average Bonchev–Trinajstić information content (AvgIpc) is 3.07. The van der Waals surface area contributed by atoms with E-state index in [1.807, 2.05) is 6.07 Å². The van der Waals surface area contributed by atoms with Gasteiger partial charge in [-0.15, -0.1) is 0 Å². The lowest BCUT2D eigenvalue weighted by atomic mass is 10.1. The number of hydrogen-bond acceptors (Lipinski definition) is 7. The van der Waals surface area contributed by atoms with Crippen LogP contribution in [0.3, 0.4) is 0 Å². The highest BCUT2D eigenvalue weighted by Gasteiger charge is 2.34. The van der Waals surface area contributed by atoms with Gasteiger partial charge in [0.05, 0.1) is 18.2 Å². The number of hydrogen-bond donors (Lipinski definition) is 1. The van der Waals surface area contributed by atoms with Crippen molar-refractivity contribution in [2.45, 2.75) is 32.7 Å². The van der Waals surface area contributed by atoms with Gasteiger partial charge in [-0.2, -0.15) is 5.26 Å². The molecule has 9 heteroatoms. The molecular weight excluding hydrogens is 450 g/mol. The first kappa shape index (κ1) is 25.2. The van der Waals surface area contributed by atoms with Crippen molar-refractivity contribution in [2.75, 3.05) is 13.7 Å². The zero-order chi connectivity index (χ0) is 25.5. The highest BCUT2D eigenvalue weighted by molar-refractivity contribution is 6.21. The smallest absolute Gasteiger partial charge is 0.311 e. The Balaban J connectivity index is 1.60. The largest absolute Gasteiger partial charge is 0.493 e.